The number of aldehydes is 1. The van der Waals surface area contributed by atoms with Gasteiger partial charge in [0.1, 0.15) is 12.4 Å². The van der Waals surface area contributed by atoms with Crippen molar-refractivity contribution in [2.24, 2.45) is 0 Å². The molecule has 0 atom stereocenters. The molecule has 1 aliphatic rings. The van der Waals surface area contributed by atoms with Crippen molar-refractivity contribution in [3.63, 3.8) is 0 Å². The van der Waals surface area contributed by atoms with E-state index in [0.29, 0.717) is 11.4 Å². The zero-order valence-electron chi connectivity index (χ0n) is 11.0. The number of benzene rings is 1. The molecule has 1 aromatic carbocycles. The summed E-state index contributed by atoms with van der Waals surface area (Å²) in [4.78, 5) is 28.8. The molecule has 1 aliphatic heterocycles. The van der Waals surface area contributed by atoms with Crippen LogP contribution in [-0.2, 0) is 4.79 Å². The Hall–Kier alpha value is -2.69. The van der Waals surface area contributed by atoms with E-state index in [0.717, 1.165) is 23.2 Å². The number of fused-ring (bicyclic) bond motifs is 1. The molecule has 0 aliphatic carbocycles. The number of anilines is 3. The predicted molar refractivity (Wildman–Crippen MR) is 76.4 cm³/mol. The Morgan fingerprint density at radius 3 is 2.90 bits per heavy atom. The molecule has 0 fully saturated rings. The summed E-state index contributed by atoms with van der Waals surface area (Å²) in [5.74, 6) is 0.613. The van der Waals surface area contributed by atoms with E-state index in [1.54, 1.807) is 6.07 Å². The van der Waals surface area contributed by atoms with Crippen molar-refractivity contribution in [2.75, 3.05) is 16.8 Å². The summed E-state index contributed by atoms with van der Waals surface area (Å²) in [7, 11) is 0. The normalized spacial score (nSPS) is 13.7. The van der Waals surface area contributed by atoms with Gasteiger partial charge in [0.2, 0.25) is 5.91 Å². The zero-order chi connectivity index (χ0) is 14.1. The third-order valence-corrected chi connectivity index (χ3v) is 3.23. The average Bonchev–Trinajstić information content (AvgIpc) is 2.46. The van der Waals surface area contributed by atoms with Gasteiger partial charge in [-0.2, -0.15) is 0 Å². The van der Waals surface area contributed by atoms with Crippen LogP contribution < -0.4 is 10.2 Å². The highest BCUT2D eigenvalue weighted by molar-refractivity contribution is 6.03. The van der Waals surface area contributed by atoms with Gasteiger partial charge >= 0.3 is 0 Å². The minimum absolute atomic E-state index is 0.0793. The van der Waals surface area contributed by atoms with Crippen molar-refractivity contribution in [3.05, 3.63) is 47.7 Å². The van der Waals surface area contributed by atoms with E-state index in [1.165, 1.54) is 6.20 Å². The van der Waals surface area contributed by atoms with E-state index in [-0.39, 0.29) is 12.5 Å². The number of aryl methyl sites for hydroxylation is 1. The van der Waals surface area contributed by atoms with Gasteiger partial charge in [0.25, 0.3) is 0 Å². The average molecular weight is 267 g/mol. The number of carbonyl (C=O) groups excluding carboxylic acids is 2. The van der Waals surface area contributed by atoms with Gasteiger partial charge in [0.05, 0.1) is 11.4 Å². The molecule has 0 spiro atoms. The SMILES string of the molecule is Cc1cc(C=O)cnc1N1CC(=O)Nc2ccccc21. The van der Waals surface area contributed by atoms with Crippen molar-refractivity contribution in [2.45, 2.75) is 6.92 Å². The van der Waals surface area contributed by atoms with Crippen LogP contribution in [0.15, 0.2) is 36.5 Å². The Kier molecular flexibility index (Phi) is 2.95. The molecule has 1 N–H and O–H groups in total. The van der Waals surface area contributed by atoms with Crippen LogP contribution in [0.3, 0.4) is 0 Å². The molecule has 1 aromatic heterocycles. The molecule has 0 saturated heterocycles. The smallest absolute Gasteiger partial charge is 0.244 e. The number of pyridine rings is 1. The van der Waals surface area contributed by atoms with E-state index in [1.807, 2.05) is 36.1 Å². The second kappa shape index (κ2) is 4.77. The lowest BCUT2D eigenvalue weighted by Crippen LogP contribution is -2.35. The van der Waals surface area contributed by atoms with Crippen LogP contribution in [-0.4, -0.2) is 23.7 Å². The van der Waals surface area contributed by atoms with Crippen LogP contribution in [0.25, 0.3) is 0 Å². The van der Waals surface area contributed by atoms with Gasteiger partial charge < -0.3 is 10.2 Å². The molecule has 1 amide bonds. The third kappa shape index (κ3) is 2.03. The minimum atomic E-state index is -0.0793. The van der Waals surface area contributed by atoms with Gasteiger partial charge in [-0.25, -0.2) is 4.98 Å². The maximum Gasteiger partial charge on any atom is 0.244 e. The molecule has 0 radical (unpaired) electrons. The van der Waals surface area contributed by atoms with Gasteiger partial charge in [-0.05, 0) is 30.7 Å². The quantitative estimate of drug-likeness (QED) is 0.848. The number of carbonyl (C=O) groups is 2. The number of rotatable bonds is 2. The first-order valence-corrected chi connectivity index (χ1v) is 6.27. The molecule has 5 heteroatoms. The summed E-state index contributed by atoms with van der Waals surface area (Å²) >= 11 is 0. The first kappa shape index (κ1) is 12.3. The van der Waals surface area contributed by atoms with Crippen molar-refractivity contribution in [1.82, 2.24) is 4.98 Å². The number of nitrogens with zero attached hydrogens (tertiary/aromatic N) is 2. The fraction of sp³-hybridized carbons (Fsp3) is 0.133. The monoisotopic (exact) mass is 267 g/mol. The number of hydrogen-bond donors (Lipinski definition) is 1. The lowest BCUT2D eigenvalue weighted by molar-refractivity contribution is -0.115. The number of hydrogen-bond acceptors (Lipinski definition) is 4. The topological polar surface area (TPSA) is 62.3 Å². The van der Waals surface area contributed by atoms with E-state index in [2.05, 4.69) is 10.3 Å². The molecule has 0 unspecified atom stereocenters. The molecule has 2 heterocycles. The van der Waals surface area contributed by atoms with Gasteiger partial charge in [-0.1, -0.05) is 12.1 Å². The second-order valence-corrected chi connectivity index (χ2v) is 4.68. The lowest BCUT2D eigenvalue weighted by atomic mass is 10.1. The first-order chi connectivity index (χ1) is 9.69. The summed E-state index contributed by atoms with van der Waals surface area (Å²) < 4.78 is 0. The number of aromatic nitrogens is 1. The molecular weight excluding hydrogens is 254 g/mol. The highest BCUT2D eigenvalue weighted by atomic mass is 16.2. The molecule has 0 bridgehead atoms. The highest BCUT2D eigenvalue weighted by Gasteiger charge is 2.24. The summed E-state index contributed by atoms with van der Waals surface area (Å²) in [6.07, 6.45) is 2.28. The number of amides is 1. The van der Waals surface area contributed by atoms with E-state index < -0.39 is 0 Å². The fourth-order valence-corrected chi connectivity index (χ4v) is 2.36. The number of para-hydroxylation sites is 2. The van der Waals surface area contributed by atoms with Crippen LogP contribution in [0, 0.1) is 6.92 Å². The Morgan fingerprint density at radius 2 is 2.15 bits per heavy atom. The van der Waals surface area contributed by atoms with Gasteiger partial charge in [-0.3, -0.25) is 9.59 Å². The number of nitrogens with one attached hydrogen (secondary N) is 1. The summed E-state index contributed by atoms with van der Waals surface area (Å²) in [6.45, 7) is 2.09. The molecule has 3 rings (SSSR count). The molecule has 20 heavy (non-hydrogen) atoms. The Morgan fingerprint density at radius 1 is 1.35 bits per heavy atom. The van der Waals surface area contributed by atoms with Crippen molar-refractivity contribution < 1.29 is 9.59 Å². The largest absolute Gasteiger partial charge is 0.323 e. The Labute approximate surface area is 116 Å². The van der Waals surface area contributed by atoms with E-state index in [9.17, 15) is 9.59 Å². The second-order valence-electron chi connectivity index (χ2n) is 4.68. The predicted octanol–water partition coefficient (Wildman–Crippen LogP) is 2.29. The van der Waals surface area contributed by atoms with Crippen molar-refractivity contribution in [1.29, 1.82) is 0 Å². The molecular formula is C15H13N3O2. The van der Waals surface area contributed by atoms with Crippen LogP contribution in [0.4, 0.5) is 17.2 Å². The van der Waals surface area contributed by atoms with E-state index in [4.69, 9.17) is 0 Å². The summed E-state index contributed by atoms with van der Waals surface area (Å²) in [5, 5.41) is 2.84. The van der Waals surface area contributed by atoms with Crippen LogP contribution >= 0.6 is 0 Å². The van der Waals surface area contributed by atoms with Crippen LogP contribution in [0.5, 0.6) is 0 Å². The summed E-state index contributed by atoms with van der Waals surface area (Å²) in [5.41, 5.74) is 3.06. The molecule has 5 nitrogen and oxygen atoms in total. The van der Waals surface area contributed by atoms with Crippen molar-refractivity contribution >= 4 is 29.4 Å². The maximum absolute atomic E-state index is 11.8. The zero-order valence-corrected chi connectivity index (χ0v) is 11.0. The first-order valence-electron chi connectivity index (χ1n) is 6.27. The molecule has 100 valence electrons. The Bertz CT molecular complexity index is 697. The van der Waals surface area contributed by atoms with Gasteiger partial charge in [-0.15, -0.1) is 0 Å². The van der Waals surface area contributed by atoms with Crippen molar-refractivity contribution in [3.8, 4) is 0 Å². The molecule has 0 saturated carbocycles. The summed E-state index contributed by atoms with van der Waals surface area (Å²) in [6, 6.07) is 9.35. The highest BCUT2D eigenvalue weighted by Crippen LogP contribution is 2.35. The van der Waals surface area contributed by atoms with E-state index >= 15 is 0 Å². The lowest BCUT2D eigenvalue weighted by Gasteiger charge is -2.30. The third-order valence-electron chi connectivity index (χ3n) is 3.23. The van der Waals surface area contributed by atoms with Crippen LogP contribution in [0.1, 0.15) is 15.9 Å². The maximum atomic E-state index is 11.8. The van der Waals surface area contributed by atoms with Gasteiger partial charge in [0.15, 0.2) is 6.29 Å². The van der Waals surface area contributed by atoms with Gasteiger partial charge in [0, 0.05) is 11.8 Å². The fourth-order valence-electron chi connectivity index (χ4n) is 2.36. The Balaban J connectivity index is 2.10. The standard InChI is InChI=1S/C15H13N3O2/c1-10-6-11(9-19)7-16-15(10)18-8-14(20)17-12-4-2-3-5-13(12)18/h2-7,9H,8H2,1H3,(H,17,20). The molecule has 2 aromatic rings. The minimum Gasteiger partial charge on any atom is -0.323 e. The van der Waals surface area contributed by atoms with Crippen LogP contribution in [0.2, 0.25) is 0 Å².